The highest BCUT2D eigenvalue weighted by atomic mass is 16.3. The molecule has 0 fully saturated rings. The van der Waals surface area contributed by atoms with Crippen molar-refractivity contribution in [2.75, 3.05) is 0 Å². The van der Waals surface area contributed by atoms with E-state index in [4.69, 9.17) is 0 Å². The number of benzene rings is 2. The minimum Gasteiger partial charge on any atom is -0.384 e. The number of aliphatic hydroxyl groups is 1. The van der Waals surface area contributed by atoms with Crippen molar-refractivity contribution < 1.29 is 5.11 Å². The second-order valence-corrected chi connectivity index (χ2v) is 6.98. The van der Waals surface area contributed by atoms with Crippen molar-refractivity contribution in [3.8, 4) is 0 Å². The highest BCUT2D eigenvalue weighted by Crippen LogP contribution is 2.38. The van der Waals surface area contributed by atoms with E-state index in [0.29, 0.717) is 0 Å². The number of rotatable bonds is 1. The molecule has 3 rings (SSSR count). The van der Waals surface area contributed by atoms with Gasteiger partial charge in [-0.2, -0.15) is 0 Å². The zero-order chi connectivity index (χ0) is 14.4. The maximum absolute atomic E-state index is 11.0. The van der Waals surface area contributed by atoms with Crippen LogP contribution in [0.4, 0.5) is 0 Å². The Morgan fingerprint density at radius 3 is 1.80 bits per heavy atom. The molecule has 1 N–H and O–H groups in total. The molecule has 0 aromatic heterocycles. The molecule has 0 heterocycles. The number of hydrogen-bond acceptors (Lipinski definition) is 1. The van der Waals surface area contributed by atoms with E-state index in [9.17, 15) is 5.11 Å². The summed E-state index contributed by atoms with van der Waals surface area (Å²) in [6.45, 7) is 6.63. The standard InChI is InChI=1S/C19H22O/c1-18(2,3)16-8-10-17(11-9-16)19(20)12-14-6-4-5-7-15(14)13-19/h4-11,20H,12-13H2,1-3H3. The molecular weight excluding hydrogens is 244 g/mol. The molecule has 2 aromatic carbocycles. The van der Waals surface area contributed by atoms with Gasteiger partial charge in [-0.15, -0.1) is 0 Å². The van der Waals surface area contributed by atoms with Gasteiger partial charge in [-0.05, 0) is 27.7 Å². The Labute approximate surface area is 121 Å². The van der Waals surface area contributed by atoms with Gasteiger partial charge >= 0.3 is 0 Å². The molecule has 0 unspecified atom stereocenters. The molecule has 1 heteroatoms. The van der Waals surface area contributed by atoms with Crippen LogP contribution in [0.3, 0.4) is 0 Å². The molecule has 0 aliphatic heterocycles. The Bertz CT molecular complexity index is 592. The molecule has 2 aromatic rings. The van der Waals surface area contributed by atoms with Gasteiger partial charge in [0.05, 0.1) is 5.60 Å². The Morgan fingerprint density at radius 2 is 1.35 bits per heavy atom. The summed E-state index contributed by atoms with van der Waals surface area (Å²) in [4.78, 5) is 0. The maximum Gasteiger partial charge on any atom is 0.0977 e. The summed E-state index contributed by atoms with van der Waals surface area (Å²) in [5.41, 5.74) is 4.30. The molecule has 0 amide bonds. The molecular formula is C19H22O. The van der Waals surface area contributed by atoms with Gasteiger partial charge in [-0.3, -0.25) is 0 Å². The van der Waals surface area contributed by atoms with Crippen LogP contribution in [0, 0.1) is 0 Å². The molecule has 0 bridgehead atoms. The fourth-order valence-corrected chi connectivity index (χ4v) is 3.08. The predicted octanol–water partition coefficient (Wildman–Crippen LogP) is 3.97. The van der Waals surface area contributed by atoms with Crippen LogP contribution in [0.25, 0.3) is 0 Å². The van der Waals surface area contributed by atoms with Gasteiger partial charge in [0.1, 0.15) is 0 Å². The summed E-state index contributed by atoms with van der Waals surface area (Å²) in [5.74, 6) is 0. The second kappa shape index (κ2) is 4.46. The van der Waals surface area contributed by atoms with Gasteiger partial charge in [0, 0.05) is 12.8 Å². The summed E-state index contributed by atoms with van der Waals surface area (Å²) >= 11 is 0. The first-order chi connectivity index (χ1) is 9.38. The van der Waals surface area contributed by atoms with Crippen LogP contribution in [0.1, 0.15) is 43.0 Å². The smallest absolute Gasteiger partial charge is 0.0977 e. The van der Waals surface area contributed by atoms with E-state index in [1.54, 1.807) is 0 Å². The summed E-state index contributed by atoms with van der Waals surface area (Å²) in [6.07, 6.45) is 1.44. The zero-order valence-electron chi connectivity index (χ0n) is 12.5. The van der Waals surface area contributed by atoms with E-state index < -0.39 is 5.60 Å². The molecule has 0 saturated carbocycles. The first-order valence-electron chi connectivity index (χ1n) is 7.29. The summed E-state index contributed by atoms with van der Waals surface area (Å²) < 4.78 is 0. The van der Waals surface area contributed by atoms with E-state index in [2.05, 4.69) is 57.2 Å². The molecule has 1 aliphatic carbocycles. The SMILES string of the molecule is CC(C)(C)c1ccc(C2(O)Cc3ccccc3C2)cc1. The molecule has 0 atom stereocenters. The van der Waals surface area contributed by atoms with Crippen molar-refractivity contribution in [3.63, 3.8) is 0 Å². The number of fused-ring (bicyclic) bond motifs is 1. The molecule has 1 nitrogen and oxygen atoms in total. The highest BCUT2D eigenvalue weighted by Gasteiger charge is 2.36. The highest BCUT2D eigenvalue weighted by molar-refractivity contribution is 5.41. The van der Waals surface area contributed by atoms with Crippen LogP contribution >= 0.6 is 0 Å². The Kier molecular flexibility index (Phi) is 2.98. The molecule has 0 spiro atoms. The molecule has 20 heavy (non-hydrogen) atoms. The minimum absolute atomic E-state index is 0.153. The van der Waals surface area contributed by atoms with Crippen molar-refractivity contribution in [1.29, 1.82) is 0 Å². The predicted molar refractivity (Wildman–Crippen MR) is 82.9 cm³/mol. The summed E-state index contributed by atoms with van der Waals surface area (Å²) in [5, 5.41) is 11.0. The van der Waals surface area contributed by atoms with Gasteiger partial charge in [-0.25, -0.2) is 0 Å². The lowest BCUT2D eigenvalue weighted by Gasteiger charge is -2.25. The lowest BCUT2D eigenvalue weighted by atomic mass is 9.84. The fraction of sp³-hybridized carbons (Fsp3) is 0.368. The Balaban J connectivity index is 1.91. The monoisotopic (exact) mass is 266 g/mol. The Hall–Kier alpha value is -1.60. The lowest BCUT2D eigenvalue weighted by Crippen LogP contribution is -2.26. The largest absolute Gasteiger partial charge is 0.384 e. The van der Waals surface area contributed by atoms with Gasteiger partial charge in [-0.1, -0.05) is 69.3 Å². The van der Waals surface area contributed by atoms with E-state index in [-0.39, 0.29) is 5.41 Å². The van der Waals surface area contributed by atoms with Crippen LogP contribution in [0.15, 0.2) is 48.5 Å². The average Bonchev–Trinajstić information content (AvgIpc) is 2.75. The van der Waals surface area contributed by atoms with Crippen LogP contribution < -0.4 is 0 Å². The van der Waals surface area contributed by atoms with Crippen LogP contribution in [-0.2, 0) is 23.9 Å². The van der Waals surface area contributed by atoms with Crippen LogP contribution in [0.2, 0.25) is 0 Å². The first kappa shape index (κ1) is 13.4. The van der Waals surface area contributed by atoms with Crippen LogP contribution in [-0.4, -0.2) is 5.11 Å². The second-order valence-electron chi connectivity index (χ2n) is 6.98. The molecule has 1 aliphatic rings. The van der Waals surface area contributed by atoms with Gasteiger partial charge in [0.2, 0.25) is 0 Å². The summed E-state index contributed by atoms with van der Waals surface area (Å²) in [7, 11) is 0. The Morgan fingerprint density at radius 1 is 0.850 bits per heavy atom. The van der Waals surface area contributed by atoms with E-state index in [0.717, 1.165) is 18.4 Å². The van der Waals surface area contributed by atoms with Crippen molar-refractivity contribution in [3.05, 3.63) is 70.8 Å². The quantitative estimate of drug-likeness (QED) is 0.828. The lowest BCUT2D eigenvalue weighted by molar-refractivity contribution is 0.0482. The van der Waals surface area contributed by atoms with Crippen molar-refractivity contribution in [2.45, 2.75) is 44.6 Å². The number of hydrogen-bond donors (Lipinski definition) is 1. The van der Waals surface area contributed by atoms with Gasteiger partial charge < -0.3 is 5.11 Å². The average molecular weight is 266 g/mol. The zero-order valence-corrected chi connectivity index (χ0v) is 12.5. The molecule has 104 valence electrons. The third kappa shape index (κ3) is 2.27. The fourth-order valence-electron chi connectivity index (χ4n) is 3.08. The minimum atomic E-state index is -0.736. The van der Waals surface area contributed by atoms with Crippen molar-refractivity contribution >= 4 is 0 Å². The third-order valence-electron chi connectivity index (χ3n) is 4.37. The van der Waals surface area contributed by atoms with Crippen molar-refractivity contribution in [1.82, 2.24) is 0 Å². The topological polar surface area (TPSA) is 20.2 Å². The molecule has 0 radical (unpaired) electrons. The van der Waals surface area contributed by atoms with E-state index in [1.165, 1.54) is 16.7 Å². The summed E-state index contributed by atoms with van der Waals surface area (Å²) in [6, 6.07) is 16.8. The normalized spacial score (nSPS) is 17.0. The van der Waals surface area contributed by atoms with E-state index in [1.807, 2.05) is 12.1 Å². The van der Waals surface area contributed by atoms with Gasteiger partial charge in [0.25, 0.3) is 0 Å². The maximum atomic E-state index is 11.0. The molecule has 0 saturated heterocycles. The van der Waals surface area contributed by atoms with Gasteiger partial charge in [0.15, 0.2) is 0 Å². The first-order valence-corrected chi connectivity index (χ1v) is 7.29. The van der Waals surface area contributed by atoms with E-state index >= 15 is 0 Å². The van der Waals surface area contributed by atoms with Crippen molar-refractivity contribution in [2.24, 2.45) is 0 Å². The third-order valence-corrected chi connectivity index (χ3v) is 4.37. The van der Waals surface area contributed by atoms with Crippen LogP contribution in [0.5, 0.6) is 0 Å².